The van der Waals surface area contributed by atoms with Crippen LogP contribution in [0.25, 0.3) is 22.3 Å². The molecule has 2 heterocycles. The summed E-state index contributed by atoms with van der Waals surface area (Å²) in [6.45, 7) is 1.85. The highest BCUT2D eigenvalue weighted by molar-refractivity contribution is 6.32. The van der Waals surface area contributed by atoms with Gasteiger partial charge in [0.1, 0.15) is 6.33 Å². The second-order valence-electron chi connectivity index (χ2n) is 4.76. The molecule has 0 bridgehead atoms. The van der Waals surface area contributed by atoms with Gasteiger partial charge in [-0.3, -0.25) is 10.1 Å². The molecule has 0 fully saturated rings. The van der Waals surface area contributed by atoms with E-state index in [0.29, 0.717) is 10.9 Å². The third kappa shape index (κ3) is 2.56. The van der Waals surface area contributed by atoms with Crippen LogP contribution in [0.5, 0.6) is 0 Å². The van der Waals surface area contributed by atoms with E-state index in [4.69, 9.17) is 16.3 Å². The van der Waals surface area contributed by atoms with Crippen molar-refractivity contribution in [1.29, 1.82) is 0 Å². The summed E-state index contributed by atoms with van der Waals surface area (Å²) < 4.78 is 5.08. The van der Waals surface area contributed by atoms with Crippen LogP contribution in [0.4, 0.5) is 5.69 Å². The van der Waals surface area contributed by atoms with Crippen molar-refractivity contribution < 1.29 is 14.5 Å². The number of hydrogen-bond donors (Lipinski definition) is 1. The van der Waals surface area contributed by atoms with Crippen LogP contribution in [0.3, 0.4) is 0 Å². The Morgan fingerprint density at radius 1 is 1.38 bits per heavy atom. The smallest absolute Gasteiger partial charge is 0.341 e. The highest BCUT2D eigenvalue weighted by Gasteiger charge is 2.29. The number of hydrogen-bond acceptors (Lipinski definition) is 6. The van der Waals surface area contributed by atoms with Crippen molar-refractivity contribution in [2.24, 2.45) is 0 Å². The van der Waals surface area contributed by atoms with Gasteiger partial charge in [0.05, 0.1) is 22.8 Å². The number of halogens is 1. The minimum Gasteiger partial charge on any atom is -0.462 e. The molecule has 8 nitrogen and oxygen atoms in total. The molecule has 0 amide bonds. The Morgan fingerprint density at radius 2 is 2.12 bits per heavy atom. The fraction of sp³-hybridized carbons (Fsp3) is 0.133. The fourth-order valence-electron chi connectivity index (χ4n) is 2.44. The molecule has 2 aromatic heterocycles. The molecular weight excluding hydrogens is 336 g/mol. The number of rotatable bonds is 4. The lowest BCUT2D eigenvalue weighted by atomic mass is 10.1. The molecular formula is C15H11ClN4O4. The van der Waals surface area contributed by atoms with Crippen molar-refractivity contribution in [2.45, 2.75) is 6.92 Å². The number of nitrogens with one attached hydrogen (secondary N) is 1. The fourth-order valence-corrected chi connectivity index (χ4v) is 2.64. The Balaban J connectivity index is 2.35. The molecule has 1 aromatic carbocycles. The predicted octanol–water partition coefficient (Wildman–Crippen LogP) is 3.36. The van der Waals surface area contributed by atoms with Crippen LogP contribution in [-0.4, -0.2) is 32.5 Å². The third-order valence-corrected chi connectivity index (χ3v) is 3.66. The number of nitrogens with zero attached hydrogens (tertiary/aromatic N) is 3. The molecule has 0 saturated heterocycles. The van der Waals surface area contributed by atoms with Gasteiger partial charge in [-0.15, -0.1) is 0 Å². The van der Waals surface area contributed by atoms with E-state index in [-0.39, 0.29) is 28.7 Å². The van der Waals surface area contributed by atoms with Crippen LogP contribution in [0.1, 0.15) is 17.3 Å². The lowest BCUT2D eigenvalue weighted by Crippen LogP contribution is -2.07. The Kier molecular flexibility index (Phi) is 4.13. The molecule has 1 N–H and O–H groups in total. The van der Waals surface area contributed by atoms with E-state index in [1.807, 2.05) is 0 Å². The quantitative estimate of drug-likeness (QED) is 0.335. The standard InChI is InChI=1S/C15H11ClN4O4/c1-2-24-15(21)10-8-5-3-4-6-9(8)19-11(10)12-13(20(22)23)14(16)18-7-17-12/h3-7,19H,2H2,1H3. The van der Waals surface area contributed by atoms with Gasteiger partial charge in [0, 0.05) is 10.9 Å². The zero-order valence-corrected chi connectivity index (χ0v) is 13.2. The lowest BCUT2D eigenvalue weighted by Gasteiger charge is -2.05. The van der Waals surface area contributed by atoms with Gasteiger partial charge in [-0.1, -0.05) is 29.8 Å². The number of benzene rings is 1. The van der Waals surface area contributed by atoms with Gasteiger partial charge in [-0.25, -0.2) is 14.8 Å². The molecule has 0 aliphatic rings. The van der Waals surface area contributed by atoms with E-state index in [1.54, 1.807) is 31.2 Å². The molecule has 0 spiro atoms. The number of para-hydroxylation sites is 1. The van der Waals surface area contributed by atoms with Crippen LogP contribution >= 0.6 is 11.6 Å². The number of ether oxygens (including phenoxy) is 1. The topological polar surface area (TPSA) is 111 Å². The summed E-state index contributed by atoms with van der Waals surface area (Å²) in [6, 6.07) is 7.00. The zero-order valence-electron chi connectivity index (χ0n) is 12.4. The summed E-state index contributed by atoms with van der Waals surface area (Å²) in [4.78, 5) is 33.6. The SMILES string of the molecule is CCOC(=O)c1c(-c2ncnc(Cl)c2[N+](=O)[O-])[nH]c2ccccc12. The van der Waals surface area contributed by atoms with Gasteiger partial charge in [-0.05, 0) is 13.0 Å². The van der Waals surface area contributed by atoms with Crippen molar-refractivity contribution in [2.75, 3.05) is 6.61 Å². The summed E-state index contributed by atoms with van der Waals surface area (Å²) in [5.41, 5.74) is 0.422. The highest BCUT2D eigenvalue weighted by Crippen LogP contribution is 2.37. The number of fused-ring (bicyclic) bond motifs is 1. The lowest BCUT2D eigenvalue weighted by molar-refractivity contribution is -0.384. The van der Waals surface area contributed by atoms with Gasteiger partial charge in [0.25, 0.3) is 0 Å². The van der Waals surface area contributed by atoms with E-state index in [1.165, 1.54) is 0 Å². The normalized spacial score (nSPS) is 10.8. The summed E-state index contributed by atoms with van der Waals surface area (Å²) >= 11 is 5.84. The maximum Gasteiger partial charge on any atom is 0.341 e. The Morgan fingerprint density at radius 3 is 2.83 bits per heavy atom. The maximum atomic E-state index is 12.4. The maximum absolute atomic E-state index is 12.4. The van der Waals surface area contributed by atoms with Crippen molar-refractivity contribution >= 4 is 34.2 Å². The van der Waals surface area contributed by atoms with Crippen molar-refractivity contribution in [1.82, 2.24) is 15.0 Å². The average Bonchev–Trinajstić information content (AvgIpc) is 2.93. The number of nitro groups is 1. The Hall–Kier alpha value is -3.00. The van der Waals surface area contributed by atoms with Gasteiger partial charge in [0.2, 0.25) is 5.15 Å². The number of carbonyl (C=O) groups is 1. The van der Waals surface area contributed by atoms with Crippen molar-refractivity contribution in [3.63, 3.8) is 0 Å². The molecule has 24 heavy (non-hydrogen) atoms. The van der Waals surface area contributed by atoms with Gasteiger partial charge in [-0.2, -0.15) is 0 Å². The molecule has 0 aliphatic heterocycles. The largest absolute Gasteiger partial charge is 0.462 e. The molecule has 122 valence electrons. The van der Waals surface area contributed by atoms with Crippen LogP contribution < -0.4 is 0 Å². The van der Waals surface area contributed by atoms with Crippen LogP contribution in [0.15, 0.2) is 30.6 Å². The minimum atomic E-state index is -0.682. The number of aromatic amines is 1. The first-order valence-electron chi connectivity index (χ1n) is 6.97. The monoisotopic (exact) mass is 346 g/mol. The van der Waals surface area contributed by atoms with E-state index in [2.05, 4.69) is 15.0 Å². The number of carbonyl (C=O) groups excluding carboxylic acids is 1. The Labute approximate surface area is 140 Å². The number of esters is 1. The Bertz CT molecular complexity index is 954. The molecule has 0 aliphatic carbocycles. The summed E-state index contributed by atoms with van der Waals surface area (Å²) in [5, 5.41) is 11.6. The second kappa shape index (κ2) is 6.25. The first-order valence-corrected chi connectivity index (χ1v) is 7.35. The highest BCUT2D eigenvalue weighted by atomic mass is 35.5. The van der Waals surface area contributed by atoms with E-state index in [0.717, 1.165) is 6.33 Å². The molecule has 3 aromatic rings. The van der Waals surface area contributed by atoms with Gasteiger partial charge < -0.3 is 9.72 Å². The van der Waals surface area contributed by atoms with Gasteiger partial charge >= 0.3 is 11.7 Å². The number of H-pyrrole nitrogens is 1. The second-order valence-corrected chi connectivity index (χ2v) is 5.12. The van der Waals surface area contributed by atoms with Gasteiger partial charge in [0.15, 0.2) is 5.69 Å². The van der Waals surface area contributed by atoms with Crippen LogP contribution in [-0.2, 0) is 4.74 Å². The molecule has 3 rings (SSSR count). The summed E-state index contributed by atoms with van der Waals surface area (Å²) in [5.74, 6) is -0.603. The van der Waals surface area contributed by atoms with Crippen molar-refractivity contribution in [3.8, 4) is 11.4 Å². The van der Waals surface area contributed by atoms with Crippen LogP contribution in [0, 0.1) is 10.1 Å². The first-order chi connectivity index (χ1) is 11.5. The number of aromatic nitrogens is 3. The molecule has 0 radical (unpaired) electrons. The summed E-state index contributed by atoms with van der Waals surface area (Å²) in [7, 11) is 0. The zero-order chi connectivity index (χ0) is 17.3. The average molecular weight is 347 g/mol. The molecule has 9 heteroatoms. The first kappa shape index (κ1) is 15.9. The minimum absolute atomic E-state index is 0.0701. The van der Waals surface area contributed by atoms with E-state index >= 15 is 0 Å². The van der Waals surface area contributed by atoms with Crippen LogP contribution in [0.2, 0.25) is 5.15 Å². The predicted molar refractivity (Wildman–Crippen MR) is 86.9 cm³/mol. The van der Waals surface area contributed by atoms with Crippen molar-refractivity contribution in [3.05, 3.63) is 51.4 Å². The third-order valence-electron chi connectivity index (χ3n) is 3.38. The summed E-state index contributed by atoms with van der Waals surface area (Å²) in [6.07, 6.45) is 1.10. The van der Waals surface area contributed by atoms with E-state index in [9.17, 15) is 14.9 Å². The molecule has 0 atom stereocenters. The molecule has 0 saturated carbocycles. The molecule has 0 unspecified atom stereocenters. The van der Waals surface area contributed by atoms with E-state index < -0.39 is 16.6 Å².